The zero-order valence-electron chi connectivity index (χ0n) is 11.2. The van der Waals surface area contributed by atoms with E-state index in [2.05, 4.69) is 80.3 Å². The lowest BCUT2D eigenvalue weighted by atomic mass is 9.76. The maximum atomic E-state index is 4.05. The largest absolute Gasteiger partial charge is 0.102 e. The van der Waals surface area contributed by atoms with Gasteiger partial charge in [0, 0.05) is 11.8 Å². The number of allylic oxidation sites excluding steroid dienone is 2. The molecule has 2 unspecified atom stereocenters. The summed E-state index contributed by atoms with van der Waals surface area (Å²) < 4.78 is 0. The van der Waals surface area contributed by atoms with Crippen molar-refractivity contribution in [2.75, 3.05) is 0 Å². The maximum absolute atomic E-state index is 4.05. The first-order valence-electron chi connectivity index (χ1n) is 6.76. The lowest BCUT2D eigenvalue weighted by Gasteiger charge is -2.28. The monoisotopic (exact) mass is 246 g/mol. The zero-order valence-corrected chi connectivity index (χ0v) is 11.2. The van der Waals surface area contributed by atoms with Gasteiger partial charge in [0.05, 0.1) is 0 Å². The molecule has 1 aliphatic carbocycles. The minimum absolute atomic E-state index is 0.363. The Morgan fingerprint density at radius 1 is 1.05 bits per heavy atom. The second-order valence-corrected chi connectivity index (χ2v) is 5.19. The van der Waals surface area contributed by atoms with Gasteiger partial charge in [0.1, 0.15) is 0 Å². The lowest BCUT2D eigenvalue weighted by Crippen LogP contribution is -2.12. The van der Waals surface area contributed by atoms with Gasteiger partial charge in [-0.3, -0.25) is 0 Å². The standard InChI is InChI=1S/C19H18/c1-3-17-18(15-7-5-4-6-8-15)12-11-16-10-9-14(2)13-19(16)17/h3-13,17-18H,1H2,2H3. The highest BCUT2D eigenvalue weighted by Gasteiger charge is 2.24. The molecule has 0 radical (unpaired) electrons. The first-order valence-corrected chi connectivity index (χ1v) is 6.76. The summed E-state index contributed by atoms with van der Waals surface area (Å²) >= 11 is 0. The van der Waals surface area contributed by atoms with Crippen LogP contribution < -0.4 is 0 Å². The second kappa shape index (κ2) is 4.89. The van der Waals surface area contributed by atoms with E-state index in [1.165, 1.54) is 22.3 Å². The fourth-order valence-electron chi connectivity index (χ4n) is 2.92. The van der Waals surface area contributed by atoms with Gasteiger partial charge in [0.25, 0.3) is 0 Å². The molecule has 0 fully saturated rings. The smallest absolute Gasteiger partial charge is 0.0125 e. The normalized spacial score (nSPS) is 20.9. The van der Waals surface area contributed by atoms with Crippen molar-refractivity contribution >= 4 is 6.08 Å². The van der Waals surface area contributed by atoms with Gasteiger partial charge in [-0.1, -0.05) is 72.3 Å². The average molecular weight is 246 g/mol. The Bertz CT molecular complexity index is 620. The van der Waals surface area contributed by atoms with Crippen LogP contribution in [0.4, 0.5) is 0 Å². The Labute approximate surface area is 115 Å². The zero-order chi connectivity index (χ0) is 13.2. The van der Waals surface area contributed by atoms with Gasteiger partial charge >= 0.3 is 0 Å². The van der Waals surface area contributed by atoms with Crippen LogP contribution in [-0.4, -0.2) is 0 Å². The Kier molecular flexibility index (Phi) is 3.08. The molecule has 0 bridgehead atoms. The molecule has 19 heavy (non-hydrogen) atoms. The first kappa shape index (κ1) is 12.0. The minimum atomic E-state index is 0.363. The minimum Gasteiger partial charge on any atom is -0.102 e. The number of fused-ring (bicyclic) bond motifs is 1. The van der Waals surface area contributed by atoms with Crippen molar-refractivity contribution < 1.29 is 0 Å². The molecule has 2 atom stereocenters. The Morgan fingerprint density at radius 3 is 2.58 bits per heavy atom. The van der Waals surface area contributed by atoms with E-state index in [4.69, 9.17) is 0 Å². The highest BCUT2D eigenvalue weighted by Crippen LogP contribution is 2.41. The second-order valence-electron chi connectivity index (χ2n) is 5.19. The molecule has 0 spiro atoms. The van der Waals surface area contributed by atoms with E-state index >= 15 is 0 Å². The summed E-state index contributed by atoms with van der Waals surface area (Å²) in [4.78, 5) is 0. The van der Waals surface area contributed by atoms with Crippen LogP contribution in [0.5, 0.6) is 0 Å². The number of benzene rings is 2. The molecule has 0 aromatic heterocycles. The van der Waals surface area contributed by atoms with Crippen LogP contribution in [0.1, 0.15) is 34.1 Å². The molecule has 0 saturated carbocycles. The van der Waals surface area contributed by atoms with E-state index in [9.17, 15) is 0 Å². The SMILES string of the molecule is C=CC1c2cc(C)ccc2C=CC1c1ccccc1. The number of hydrogen-bond donors (Lipinski definition) is 0. The highest BCUT2D eigenvalue weighted by atomic mass is 14.3. The van der Waals surface area contributed by atoms with Crippen LogP contribution in [0, 0.1) is 6.92 Å². The Morgan fingerprint density at radius 2 is 1.84 bits per heavy atom. The van der Waals surface area contributed by atoms with Gasteiger partial charge < -0.3 is 0 Å². The summed E-state index contributed by atoms with van der Waals surface area (Å²) in [5.74, 6) is 0.760. The number of rotatable bonds is 2. The molecule has 0 heterocycles. The third kappa shape index (κ3) is 2.15. The van der Waals surface area contributed by atoms with Crippen molar-refractivity contribution in [2.45, 2.75) is 18.8 Å². The van der Waals surface area contributed by atoms with E-state index in [1.54, 1.807) is 0 Å². The quantitative estimate of drug-likeness (QED) is 0.648. The van der Waals surface area contributed by atoms with Crippen molar-refractivity contribution in [2.24, 2.45) is 0 Å². The molecule has 0 nitrogen and oxygen atoms in total. The van der Waals surface area contributed by atoms with Crippen LogP contribution in [0.2, 0.25) is 0 Å². The summed E-state index contributed by atoms with van der Waals surface area (Å²) in [5, 5.41) is 0. The summed E-state index contributed by atoms with van der Waals surface area (Å²) in [7, 11) is 0. The molecular formula is C19H18. The molecular weight excluding hydrogens is 228 g/mol. The molecule has 0 saturated heterocycles. The van der Waals surface area contributed by atoms with Gasteiger partial charge in [-0.2, -0.15) is 0 Å². The molecule has 3 rings (SSSR count). The third-order valence-electron chi connectivity index (χ3n) is 3.91. The lowest BCUT2D eigenvalue weighted by molar-refractivity contribution is 0.730. The third-order valence-corrected chi connectivity index (χ3v) is 3.91. The number of hydrogen-bond acceptors (Lipinski definition) is 0. The van der Waals surface area contributed by atoms with Crippen LogP contribution >= 0.6 is 0 Å². The van der Waals surface area contributed by atoms with E-state index in [0.717, 1.165) is 0 Å². The molecule has 94 valence electrons. The molecule has 0 heteroatoms. The Balaban J connectivity index is 2.09. The predicted molar refractivity (Wildman–Crippen MR) is 82.3 cm³/mol. The molecule has 2 aromatic carbocycles. The first-order chi connectivity index (χ1) is 9.29. The van der Waals surface area contributed by atoms with Gasteiger partial charge in [0.2, 0.25) is 0 Å². The topological polar surface area (TPSA) is 0 Å². The fourth-order valence-corrected chi connectivity index (χ4v) is 2.92. The van der Waals surface area contributed by atoms with Gasteiger partial charge in [-0.25, -0.2) is 0 Å². The average Bonchev–Trinajstić information content (AvgIpc) is 2.46. The molecule has 1 aliphatic rings. The van der Waals surface area contributed by atoms with Gasteiger partial charge in [-0.05, 0) is 23.6 Å². The van der Waals surface area contributed by atoms with E-state index in [0.29, 0.717) is 11.8 Å². The highest BCUT2D eigenvalue weighted by molar-refractivity contribution is 5.62. The maximum Gasteiger partial charge on any atom is 0.0125 e. The summed E-state index contributed by atoms with van der Waals surface area (Å²) in [5.41, 5.74) is 5.39. The van der Waals surface area contributed by atoms with Crippen molar-refractivity contribution in [1.29, 1.82) is 0 Å². The molecule has 2 aromatic rings. The summed E-state index contributed by atoms with van der Waals surface area (Å²) in [6.07, 6.45) is 6.63. The van der Waals surface area contributed by atoms with E-state index in [-0.39, 0.29) is 0 Å². The van der Waals surface area contributed by atoms with Crippen LogP contribution in [0.25, 0.3) is 6.08 Å². The van der Waals surface area contributed by atoms with Crippen molar-refractivity contribution in [1.82, 2.24) is 0 Å². The fraction of sp³-hybridized carbons (Fsp3) is 0.158. The van der Waals surface area contributed by atoms with Crippen molar-refractivity contribution in [3.63, 3.8) is 0 Å². The molecule has 0 aliphatic heterocycles. The van der Waals surface area contributed by atoms with Crippen molar-refractivity contribution in [3.05, 3.63) is 89.5 Å². The van der Waals surface area contributed by atoms with Gasteiger partial charge in [0.15, 0.2) is 0 Å². The molecule has 0 amide bonds. The van der Waals surface area contributed by atoms with Crippen LogP contribution in [0.15, 0.2) is 67.3 Å². The Hall–Kier alpha value is -2.08. The summed E-state index contributed by atoms with van der Waals surface area (Å²) in [6.45, 7) is 6.20. The van der Waals surface area contributed by atoms with Gasteiger partial charge in [-0.15, -0.1) is 6.58 Å². The summed E-state index contributed by atoms with van der Waals surface area (Å²) in [6, 6.07) is 17.4. The predicted octanol–water partition coefficient (Wildman–Crippen LogP) is 5.08. The van der Waals surface area contributed by atoms with Crippen LogP contribution in [0.3, 0.4) is 0 Å². The van der Waals surface area contributed by atoms with Crippen LogP contribution in [-0.2, 0) is 0 Å². The van der Waals surface area contributed by atoms with E-state index < -0.39 is 0 Å². The number of aryl methyl sites for hydroxylation is 1. The van der Waals surface area contributed by atoms with E-state index in [1.807, 2.05) is 0 Å². The van der Waals surface area contributed by atoms with Crippen molar-refractivity contribution in [3.8, 4) is 0 Å². The molecule has 0 N–H and O–H groups in total.